The van der Waals surface area contributed by atoms with Crippen molar-refractivity contribution in [3.63, 3.8) is 0 Å². The van der Waals surface area contributed by atoms with Crippen molar-refractivity contribution in [2.24, 2.45) is 5.92 Å². The first-order chi connectivity index (χ1) is 18.3. The Morgan fingerprint density at radius 3 is 2.05 bits per heavy atom. The van der Waals surface area contributed by atoms with E-state index in [4.69, 9.17) is 9.40 Å². The van der Waals surface area contributed by atoms with Gasteiger partial charge in [0.2, 0.25) is 5.89 Å². The molecule has 1 aromatic heterocycles. The lowest BCUT2D eigenvalue weighted by Gasteiger charge is -2.28. The van der Waals surface area contributed by atoms with Gasteiger partial charge in [0, 0.05) is 5.56 Å². The number of oxazole rings is 1. The summed E-state index contributed by atoms with van der Waals surface area (Å²) in [7, 11) is 0. The molecule has 0 bridgehead atoms. The van der Waals surface area contributed by atoms with Gasteiger partial charge in [0.15, 0.2) is 5.58 Å². The summed E-state index contributed by atoms with van der Waals surface area (Å²) < 4.78 is 6.16. The lowest BCUT2D eigenvalue weighted by Crippen LogP contribution is -2.13. The second-order valence-electron chi connectivity index (χ2n) is 11.7. The minimum Gasteiger partial charge on any atom is -0.436 e. The first kappa shape index (κ1) is 27.9. The zero-order valence-electron chi connectivity index (χ0n) is 23.8. The average molecular weight is 502 g/mol. The fraction of sp³-hybridized carbons (Fsp3) is 0.629. The van der Waals surface area contributed by atoms with Crippen LogP contribution in [0.15, 0.2) is 46.9 Å². The molecule has 0 atom stereocenters. The number of fused-ring (bicyclic) bond motifs is 1. The van der Waals surface area contributed by atoms with Crippen LogP contribution in [0.2, 0.25) is 0 Å². The van der Waals surface area contributed by atoms with Gasteiger partial charge in [0.25, 0.3) is 0 Å². The Hall–Kier alpha value is -2.09. The summed E-state index contributed by atoms with van der Waals surface area (Å²) >= 11 is 0. The summed E-state index contributed by atoms with van der Waals surface area (Å²) in [4.78, 5) is 4.89. The van der Waals surface area contributed by atoms with Gasteiger partial charge in [-0.2, -0.15) is 0 Å². The maximum atomic E-state index is 6.16. The molecule has 0 unspecified atom stereocenters. The summed E-state index contributed by atoms with van der Waals surface area (Å²) in [5.41, 5.74) is 5.88. The first-order valence-corrected chi connectivity index (χ1v) is 15.8. The molecular weight excluding hydrogens is 450 g/mol. The van der Waals surface area contributed by atoms with Crippen LogP contribution in [0.1, 0.15) is 140 Å². The maximum Gasteiger partial charge on any atom is 0.227 e. The van der Waals surface area contributed by atoms with E-state index in [2.05, 4.69) is 56.3 Å². The van der Waals surface area contributed by atoms with Gasteiger partial charge in [0.05, 0.1) is 0 Å². The molecule has 0 N–H and O–H groups in total. The highest BCUT2D eigenvalue weighted by molar-refractivity contribution is 5.77. The average Bonchev–Trinajstić information content (AvgIpc) is 3.37. The van der Waals surface area contributed by atoms with Crippen LogP contribution in [0.5, 0.6) is 0 Å². The summed E-state index contributed by atoms with van der Waals surface area (Å²) in [5, 5.41) is 0. The summed E-state index contributed by atoms with van der Waals surface area (Å²) in [6.07, 6.45) is 24.6. The predicted octanol–water partition coefficient (Wildman–Crippen LogP) is 11.4. The Kier molecular flexibility index (Phi) is 11.6. The van der Waals surface area contributed by atoms with E-state index in [-0.39, 0.29) is 0 Å². The van der Waals surface area contributed by atoms with Crippen molar-refractivity contribution in [3.05, 3.63) is 53.6 Å². The number of aryl methyl sites for hydroxylation is 1. The normalized spacial score (nSPS) is 18.0. The van der Waals surface area contributed by atoms with E-state index in [1.54, 1.807) is 0 Å². The van der Waals surface area contributed by atoms with Gasteiger partial charge in [-0.1, -0.05) is 109 Å². The monoisotopic (exact) mass is 501 g/mol. The molecule has 0 amide bonds. The van der Waals surface area contributed by atoms with E-state index in [1.807, 2.05) is 0 Å². The third-order valence-electron chi connectivity index (χ3n) is 8.72. The van der Waals surface area contributed by atoms with Crippen molar-refractivity contribution >= 4 is 11.1 Å². The smallest absolute Gasteiger partial charge is 0.227 e. The summed E-state index contributed by atoms with van der Waals surface area (Å²) in [6, 6.07) is 15.6. The Bertz CT molecular complexity index is 1030. The van der Waals surface area contributed by atoms with Crippen molar-refractivity contribution in [2.45, 2.75) is 135 Å². The molecule has 37 heavy (non-hydrogen) atoms. The first-order valence-electron chi connectivity index (χ1n) is 15.8. The van der Waals surface area contributed by atoms with E-state index in [1.165, 1.54) is 127 Å². The van der Waals surface area contributed by atoms with Gasteiger partial charge in [-0.05, 0) is 85.8 Å². The molecule has 2 nitrogen and oxygen atoms in total. The van der Waals surface area contributed by atoms with Crippen LogP contribution in [-0.4, -0.2) is 4.98 Å². The quantitative estimate of drug-likeness (QED) is 0.182. The Morgan fingerprint density at radius 1 is 0.703 bits per heavy atom. The molecular formula is C35H51NO. The number of benzene rings is 2. The SMILES string of the molecule is CCCCCCCCc1ccc(-c2nc3cc(C4CCC(CCCCCCCC)CC4)ccc3o2)cc1. The number of hydrogen-bond acceptors (Lipinski definition) is 2. The topological polar surface area (TPSA) is 26.0 Å². The van der Waals surface area contributed by atoms with E-state index < -0.39 is 0 Å². The summed E-state index contributed by atoms with van der Waals surface area (Å²) in [5.74, 6) is 2.39. The van der Waals surface area contributed by atoms with E-state index >= 15 is 0 Å². The van der Waals surface area contributed by atoms with Crippen LogP contribution in [0.4, 0.5) is 0 Å². The van der Waals surface area contributed by atoms with Crippen molar-refractivity contribution < 1.29 is 4.42 Å². The highest BCUT2D eigenvalue weighted by atomic mass is 16.3. The van der Waals surface area contributed by atoms with Crippen molar-refractivity contribution in [1.82, 2.24) is 4.98 Å². The zero-order valence-corrected chi connectivity index (χ0v) is 23.8. The molecule has 0 aliphatic heterocycles. The number of aromatic nitrogens is 1. The largest absolute Gasteiger partial charge is 0.436 e. The van der Waals surface area contributed by atoms with Gasteiger partial charge in [0.1, 0.15) is 5.52 Å². The molecule has 1 saturated carbocycles. The van der Waals surface area contributed by atoms with Gasteiger partial charge in [-0.3, -0.25) is 0 Å². The second-order valence-corrected chi connectivity index (χ2v) is 11.7. The molecule has 4 rings (SSSR count). The number of hydrogen-bond donors (Lipinski definition) is 0. The standard InChI is InChI=1S/C35H51NO/c1-3-5-7-9-11-13-15-28-17-21-30(22-18-28)32-25-26-34-33(27-32)36-35(37-34)31-23-19-29(20-24-31)16-14-12-10-8-6-4-2/h19-20,23-28,30H,3-18,21-22H2,1-2H3. The van der Waals surface area contributed by atoms with Crippen LogP contribution in [0.25, 0.3) is 22.6 Å². The molecule has 2 aromatic carbocycles. The van der Waals surface area contributed by atoms with Crippen LogP contribution >= 0.6 is 0 Å². The molecule has 0 radical (unpaired) electrons. The maximum absolute atomic E-state index is 6.16. The van der Waals surface area contributed by atoms with Crippen LogP contribution < -0.4 is 0 Å². The molecule has 202 valence electrons. The minimum absolute atomic E-state index is 0.687. The van der Waals surface area contributed by atoms with Crippen LogP contribution in [0, 0.1) is 5.92 Å². The zero-order chi connectivity index (χ0) is 25.7. The van der Waals surface area contributed by atoms with Crippen molar-refractivity contribution in [1.29, 1.82) is 0 Å². The molecule has 1 heterocycles. The molecule has 0 saturated heterocycles. The highest BCUT2D eigenvalue weighted by Gasteiger charge is 2.23. The molecule has 1 fully saturated rings. The number of nitrogens with zero attached hydrogens (tertiary/aromatic N) is 1. The third kappa shape index (κ3) is 8.72. The van der Waals surface area contributed by atoms with E-state index in [9.17, 15) is 0 Å². The molecule has 2 heteroatoms. The van der Waals surface area contributed by atoms with Crippen LogP contribution in [0.3, 0.4) is 0 Å². The molecule has 1 aliphatic rings. The fourth-order valence-corrected chi connectivity index (χ4v) is 6.24. The lowest BCUT2D eigenvalue weighted by atomic mass is 9.77. The molecule has 1 aliphatic carbocycles. The highest BCUT2D eigenvalue weighted by Crippen LogP contribution is 2.39. The Morgan fingerprint density at radius 2 is 1.35 bits per heavy atom. The lowest BCUT2D eigenvalue weighted by molar-refractivity contribution is 0.302. The van der Waals surface area contributed by atoms with Gasteiger partial charge in [-0.25, -0.2) is 4.98 Å². The molecule has 0 spiro atoms. The Balaban J connectivity index is 1.25. The predicted molar refractivity (Wildman–Crippen MR) is 159 cm³/mol. The van der Waals surface area contributed by atoms with Crippen LogP contribution in [-0.2, 0) is 6.42 Å². The second kappa shape index (κ2) is 15.4. The van der Waals surface area contributed by atoms with Crippen molar-refractivity contribution in [2.75, 3.05) is 0 Å². The molecule has 3 aromatic rings. The van der Waals surface area contributed by atoms with Crippen molar-refractivity contribution in [3.8, 4) is 11.5 Å². The third-order valence-corrected chi connectivity index (χ3v) is 8.72. The van der Waals surface area contributed by atoms with Gasteiger partial charge >= 0.3 is 0 Å². The summed E-state index contributed by atoms with van der Waals surface area (Å²) in [6.45, 7) is 4.58. The fourth-order valence-electron chi connectivity index (χ4n) is 6.24. The van der Waals surface area contributed by atoms with E-state index in [0.717, 1.165) is 28.5 Å². The minimum atomic E-state index is 0.687. The van der Waals surface area contributed by atoms with Gasteiger partial charge < -0.3 is 4.42 Å². The van der Waals surface area contributed by atoms with Gasteiger partial charge in [-0.15, -0.1) is 0 Å². The Labute approximate surface area is 226 Å². The number of rotatable bonds is 16. The van der Waals surface area contributed by atoms with E-state index in [0.29, 0.717) is 5.92 Å². The number of unbranched alkanes of at least 4 members (excludes halogenated alkanes) is 10.